The molecule has 0 saturated heterocycles. The number of benzene rings is 1. The minimum atomic E-state index is -0.301. The molecule has 2 nitrogen and oxygen atoms in total. The van der Waals surface area contributed by atoms with Crippen molar-refractivity contribution in [1.82, 2.24) is 0 Å². The monoisotopic (exact) mass is 270 g/mol. The molecule has 0 unspecified atom stereocenters. The Morgan fingerprint density at radius 3 is 3.00 bits per heavy atom. The van der Waals surface area contributed by atoms with Crippen molar-refractivity contribution in [2.75, 3.05) is 7.11 Å². The number of carbonyl (C=O) groups is 1. The molecule has 0 atom stereocenters. The lowest BCUT2D eigenvalue weighted by Crippen LogP contribution is -1.99. The third-order valence-corrected chi connectivity index (χ3v) is 3.87. The zero-order chi connectivity index (χ0) is 10.1. The summed E-state index contributed by atoms with van der Waals surface area (Å²) in [6.07, 6.45) is 0. The summed E-state index contributed by atoms with van der Waals surface area (Å²) in [5.74, 6) is -0.301. The summed E-state index contributed by atoms with van der Waals surface area (Å²) < 4.78 is 6.82. The lowest BCUT2D eigenvalue weighted by atomic mass is 10.2. The second kappa shape index (κ2) is 3.71. The first-order chi connectivity index (χ1) is 6.72. The first-order valence-corrected chi connectivity index (χ1v) is 5.64. The van der Waals surface area contributed by atoms with Crippen molar-refractivity contribution in [3.05, 3.63) is 33.6 Å². The number of ether oxygens (including phenoxy) is 1. The van der Waals surface area contributed by atoms with Crippen molar-refractivity contribution < 1.29 is 9.53 Å². The van der Waals surface area contributed by atoms with Crippen molar-refractivity contribution in [3.63, 3.8) is 0 Å². The van der Waals surface area contributed by atoms with Crippen molar-refractivity contribution in [3.8, 4) is 0 Å². The van der Waals surface area contributed by atoms with E-state index in [-0.39, 0.29) is 5.97 Å². The average Bonchev–Trinajstić information content (AvgIpc) is 2.59. The molecule has 0 aliphatic rings. The van der Waals surface area contributed by atoms with Crippen LogP contribution in [-0.4, -0.2) is 13.1 Å². The summed E-state index contributed by atoms with van der Waals surface area (Å²) in [6, 6.07) is 5.54. The van der Waals surface area contributed by atoms with Gasteiger partial charge in [0.05, 0.1) is 12.7 Å². The molecule has 0 spiro atoms. The van der Waals surface area contributed by atoms with Gasteiger partial charge in [0, 0.05) is 19.9 Å². The van der Waals surface area contributed by atoms with Crippen LogP contribution in [0.25, 0.3) is 10.1 Å². The Bertz CT molecular complexity index is 490. The minimum Gasteiger partial charge on any atom is -0.465 e. The molecule has 0 radical (unpaired) electrons. The number of rotatable bonds is 1. The average molecular weight is 271 g/mol. The minimum absolute atomic E-state index is 0.301. The van der Waals surface area contributed by atoms with Gasteiger partial charge < -0.3 is 4.74 Å². The Kier molecular flexibility index (Phi) is 2.56. The first-order valence-electron chi connectivity index (χ1n) is 3.97. The molecule has 1 heterocycles. The Labute approximate surface area is 93.6 Å². The van der Waals surface area contributed by atoms with Gasteiger partial charge in [0.25, 0.3) is 0 Å². The summed E-state index contributed by atoms with van der Waals surface area (Å²) in [5.41, 5.74) is 0.583. The lowest BCUT2D eigenvalue weighted by Gasteiger charge is -1.98. The van der Waals surface area contributed by atoms with Crippen molar-refractivity contribution >= 4 is 43.3 Å². The largest absolute Gasteiger partial charge is 0.465 e. The Morgan fingerprint density at radius 1 is 1.50 bits per heavy atom. The summed E-state index contributed by atoms with van der Waals surface area (Å²) in [5, 5.41) is 3.06. The predicted octanol–water partition coefficient (Wildman–Crippen LogP) is 3.45. The van der Waals surface area contributed by atoms with Gasteiger partial charge in [-0.1, -0.05) is 0 Å². The van der Waals surface area contributed by atoms with Crippen LogP contribution in [-0.2, 0) is 4.74 Å². The van der Waals surface area contributed by atoms with E-state index in [1.165, 1.54) is 7.11 Å². The number of fused-ring (bicyclic) bond motifs is 1. The summed E-state index contributed by atoms with van der Waals surface area (Å²) in [4.78, 5) is 11.3. The van der Waals surface area contributed by atoms with Crippen LogP contribution < -0.4 is 0 Å². The van der Waals surface area contributed by atoms with Gasteiger partial charge in [-0.25, -0.2) is 4.79 Å². The standard InChI is InChI=1S/C10H7BrO2S/c1-13-10(12)6-2-3-9-7(4-6)8(11)5-14-9/h2-5H,1H3. The fraction of sp³-hybridized carbons (Fsp3) is 0.100. The number of hydrogen-bond donors (Lipinski definition) is 0. The molecule has 0 aliphatic heterocycles. The Balaban J connectivity index is 2.60. The molecule has 72 valence electrons. The number of methoxy groups -OCH3 is 1. The molecule has 1 aromatic carbocycles. The third-order valence-electron chi connectivity index (χ3n) is 1.95. The van der Waals surface area contributed by atoms with Crippen LogP contribution in [0.3, 0.4) is 0 Å². The Hall–Kier alpha value is -0.870. The highest BCUT2D eigenvalue weighted by Crippen LogP contribution is 2.30. The van der Waals surface area contributed by atoms with Gasteiger partial charge in [-0.15, -0.1) is 11.3 Å². The molecule has 14 heavy (non-hydrogen) atoms. The number of hydrogen-bond acceptors (Lipinski definition) is 3. The molecule has 1 aromatic heterocycles. The van der Waals surface area contributed by atoms with E-state index in [9.17, 15) is 4.79 Å². The topological polar surface area (TPSA) is 26.3 Å². The van der Waals surface area contributed by atoms with E-state index in [2.05, 4.69) is 20.7 Å². The number of halogens is 1. The molecule has 2 rings (SSSR count). The van der Waals surface area contributed by atoms with E-state index < -0.39 is 0 Å². The molecule has 4 heteroatoms. The van der Waals surface area contributed by atoms with Crippen molar-refractivity contribution in [2.45, 2.75) is 0 Å². The third kappa shape index (κ3) is 1.55. The van der Waals surface area contributed by atoms with E-state index in [1.807, 2.05) is 17.5 Å². The second-order valence-corrected chi connectivity index (χ2v) is 4.55. The van der Waals surface area contributed by atoms with Gasteiger partial charge in [-0.05, 0) is 34.1 Å². The van der Waals surface area contributed by atoms with E-state index in [4.69, 9.17) is 0 Å². The van der Waals surface area contributed by atoms with Crippen LogP contribution in [0.15, 0.2) is 28.1 Å². The summed E-state index contributed by atoms with van der Waals surface area (Å²) in [7, 11) is 1.38. The van der Waals surface area contributed by atoms with Crippen LogP contribution in [0, 0.1) is 0 Å². The van der Waals surface area contributed by atoms with Gasteiger partial charge in [0.15, 0.2) is 0 Å². The highest BCUT2D eigenvalue weighted by Gasteiger charge is 2.08. The highest BCUT2D eigenvalue weighted by atomic mass is 79.9. The normalized spacial score (nSPS) is 10.4. The maximum Gasteiger partial charge on any atom is 0.337 e. The molecule has 0 fully saturated rings. The zero-order valence-corrected chi connectivity index (χ0v) is 9.81. The molecule has 0 amide bonds. The second-order valence-electron chi connectivity index (χ2n) is 2.79. The van der Waals surface area contributed by atoms with Gasteiger partial charge >= 0.3 is 5.97 Å². The lowest BCUT2D eigenvalue weighted by molar-refractivity contribution is 0.0601. The maximum absolute atomic E-state index is 11.3. The van der Waals surface area contributed by atoms with E-state index in [1.54, 1.807) is 17.4 Å². The number of esters is 1. The van der Waals surface area contributed by atoms with Crippen LogP contribution in [0.5, 0.6) is 0 Å². The van der Waals surface area contributed by atoms with Crippen molar-refractivity contribution in [2.24, 2.45) is 0 Å². The summed E-state index contributed by atoms with van der Waals surface area (Å²) >= 11 is 5.07. The van der Waals surface area contributed by atoms with Gasteiger partial charge in [-0.2, -0.15) is 0 Å². The highest BCUT2D eigenvalue weighted by molar-refractivity contribution is 9.10. The molecular formula is C10H7BrO2S. The van der Waals surface area contributed by atoms with Crippen LogP contribution in [0.2, 0.25) is 0 Å². The van der Waals surface area contributed by atoms with Crippen LogP contribution in [0.1, 0.15) is 10.4 Å². The van der Waals surface area contributed by atoms with Crippen LogP contribution >= 0.6 is 27.3 Å². The molecular weight excluding hydrogens is 264 g/mol. The smallest absolute Gasteiger partial charge is 0.337 e. The van der Waals surface area contributed by atoms with Gasteiger partial charge in [0.2, 0.25) is 0 Å². The first kappa shape index (κ1) is 9.68. The fourth-order valence-electron chi connectivity index (χ4n) is 1.24. The molecule has 2 aromatic rings. The van der Waals surface area contributed by atoms with E-state index in [0.717, 1.165) is 14.6 Å². The summed E-state index contributed by atoms with van der Waals surface area (Å²) in [6.45, 7) is 0. The zero-order valence-electron chi connectivity index (χ0n) is 7.41. The van der Waals surface area contributed by atoms with Crippen LogP contribution in [0.4, 0.5) is 0 Å². The molecule has 0 aliphatic carbocycles. The van der Waals surface area contributed by atoms with E-state index >= 15 is 0 Å². The van der Waals surface area contributed by atoms with Crippen molar-refractivity contribution in [1.29, 1.82) is 0 Å². The molecule has 0 N–H and O–H groups in total. The number of carbonyl (C=O) groups excluding carboxylic acids is 1. The quantitative estimate of drug-likeness (QED) is 0.742. The van der Waals surface area contributed by atoms with E-state index in [0.29, 0.717) is 5.56 Å². The van der Waals surface area contributed by atoms with Gasteiger partial charge in [0.1, 0.15) is 0 Å². The SMILES string of the molecule is COC(=O)c1ccc2scc(Br)c2c1. The maximum atomic E-state index is 11.3. The fourth-order valence-corrected chi connectivity index (χ4v) is 2.78. The Morgan fingerprint density at radius 2 is 2.29 bits per heavy atom. The number of thiophene rings is 1. The molecule has 0 saturated carbocycles. The molecule has 0 bridgehead atoms. The predicted molar refractivity (Wildman–Crippen MR) is 60.9 cm³/mol. The van der Waals surface area contributed by atoms with Gasteiger partial charge in [-0.3, -0.25) is 0 Å².